The summed E-state index contributed by atoms with van der Waals surface area (Å²) in [6.07, 6.45) is 1.98. The van der Waals surface area contributed by atoms with Crippen LogP contribution in [0.3, 0.4) is 0 Å². The summed E-state index contributed by atoms with van der Waals surface area (Å²) < 4.78 is 5.92. The minimum absolute atomic E-state index is 0.514. The molecule has 0 bridgehead atoms. The van der Waals surface area contributed by atoms with Crippen LogP contribution in [0.4, 0.5) is 5.69 Å². The van der Waals surface area contributed by atoms with Gasteiger partial charge in [0.05, 0.1) is 10.6 Å². The summed E-state index contributed by atoms with van der Waals surface area (Å²) in [7, 11) is 0. The lowest BCUT2D eigenvalue weighted by Crippen LogP contribution is -2.25. The molecule has 0 spiro atoms. The van der Waals surface area contributed by atoms with Crippen LogP contribution in [0, 0.1) is 0 Å². The monoisotopic (exact) mass is 478 g/mol. The van der Waals surface area contributed by atoms with Gasteiger partial charge in [0.25, 0.3) is 0 Å². The molecule has 6 heteroatoms. The van der Waals surface area contributed by atoms with Crippen molar-refractivity contribution in [2.45, 2.75) is 13.2 Å². The van der Waals surface area contributed by atoms with Crippen LogP contribution >= 0.6 is 34.5 Å². The highest BCUT2D eigenvalue weighted by molar-refractivity contribution is 7.17. The maximum absolute atomic E-state index is 6.03. The van der Waals surface area contributed by atoms with Gasteiger partial charge in [0.15, 0.2) is 0 Å². The number of aliphatic imine (C=N–C) groups is 1. The zero-order valence-corrected chi connectivity index (χ0v) is 19.5. The van der Waals surface area contributed by atoms with Gasteiger partial charge in [-0.2, -0.15) is 0 Å². The molecule has 1 aliphatic rings. The molecule has 0 aliphatic carbocycles. The standard InChI is InChI=1S/C26H20Cl2N2OS/c27-21-7-1-18(2-8-21)15-30-17-29-14-26-24(30)13-25(32-26)20-5-11-23(12-6-20)31-16-19-3-9-22(28)10-4-19/h1-14H,15-17H2. The van der Waals surface area contributed by atoms with Crippen molar-refractivity contribution in [3.8, 4) is 16.2 Å². The molecule has 0 saturated carbocycles. The van der Waals surface area contributed by atoms with E-state index in [-0.39, 0.29) is 0 Å². The first-order valence-electron chi connectivity index (χ1n) is 10.2. The Kier molecular flexibility index (Phi) is 6.17. The molecule has 2 heterocycles. The van der Waals surface area contributed by atoms with Gasteiger partial charge in [0.2, 0.25) is 0 Å². The molecule has 0 radical (unpaired) electrons. The van der Waals surface area contributed by atoms with Crippen molar-refractivity contribution in [2.75, 3.05) is 11.6 Å². The lowest BCUT2D eigenvalue weighted by molar-refractivity contribution is 0.306. The molecular weight excluding hydrogens is 459 g/mol. The lowest BCUT2D eigenvalue weighted by atomic mass is 10.1. The van der Waals surface area contributed by atoms with Gasteiger partial charge < -0.3 is 9.64 Å². The maximum Gasteiger partial charge on any atom is 0.119 e. The molecule has 1 aliphatic heterocycles. The Bertz CT molecular complexity index is 1230. The molecule has 0 unspecified atom stereocenters. The van der Waals surface area contributed by atoms with Crippen LogP contribution in [-0.2, 0) is 13.2 Å². The van der Waals surface area contributed by atoms with E-state index in [2.05, 4.69) is 40.2 Å². The maximum atomic E-state index is 6.03. The van der Waals surface area contributed by atoms with E-state index in [0.717, 1.165) is 27.9 Å². The van der Waals surface area contributed by atoms with E-state index in [1.165, 1.54) is 26.6 Å². The smallest absolute Gasteiger partial charge is 0.119 e. The quantitative estimate of drug-likeness (QED) is 0.283. The van der Waals surface area contributed by atoms with Gasteiger partial charge in [0.1, 0.15) is 19.0 Å². The van der Waals surface area contributed by atoms with Crippen molar-refractivity contribution in [2.24, 2.45) is 4.99 Å². The number of fused-ring (bicyclic) bond motifs is 1. The first-order valence-corrected chi connectivity index (χ1v) is 11.8. The van der Waals surface area contributed by atoms with Crippen LogP contribution in [0.5, 0.6) is 5.75 Å². The van der Waals surface area contributed by atoms with Crippen molar-refractivity contribution in [1.29, 1.82) is 0 Å². The molecule has 0 saturated heterocycles. The zero-order chi connectivity index (χ0) is 21.9. The third-order valence-electron chi connectivity index (χ3n) is 5.29. The fraction of sp³-hybridized carbons (Fsp3) is 0.115. The predicted octanol–water partition coefficient (Wildman–Crippen LogP) is 7.70. The Morgan fingerprint density at radius 2 is 1.50 bits per heavy atom. The number of benzene rings is 3. The molecule has 32 heavy (non-hydrogen) atoms. The van der Waals surface area contributed by atoms with Crippen molar-refractivity contribution in [1.82, 2.24) is 0 Å². The van der Waals surface area contributed by atoms with Gasteiger partial charge in [-0.3, -0.25) is 4.99 Å². The van der Waals surface area contributed by atoms with E-state index in [9.17, 15) is 0 Å². The van der Waals surface area contributed by atoms with E-state index < -0.39 is 0 Å². The number of thiophene rings is 1. The first kappa shape index (κ1) is 21.1. The Hall–Kier alpha value is -2.79. The molecule has 0 amide bonds. The van der Waals surface area contributed by atoms with Crippen LogP contribution in [0.2, 0.25) is 10.0 Å². The van der Waals surface area contributed by atoms with E-state index in [0.29, 0.717) is 13.3 Å². The Balaban J connectivity index is 1.29. The highest BCUT2D eigenvalue weighted by Crippen LogP contribution is 2.38. The van der Waals surface area contributed by atoms with Crippen LogP contribution in [0.25, 0.3) is 10.4 Å². The summed E-state index contributed by atoms with van der Waals surface area (Å²) in [6.45, 7) is 1.97. The SMILES string of the molecule is Clc1ccc(COc2ccc(-c3cc4c(s3)C=NCN4Cc3ccc(Cl)cc3)cc2)cc1. The number of ether oxygens (including phenoxy) is 1. The fourth-order valence-corrected chi connectivity index (χ4v) is 4.92. The first-order chi connectivity index (χ1) is 15.6. The van der Waals surface area contributed by atoms with Crippen LogP contribution in [0.1, 0.15) is 16.0 Å². The van der Waals surface area contributed by atoms with Gasteiger partial charge in [-0.25, -0.2) is 0 Å². The molecule has 4 aromatic rings. The van der Waals surface area contributed by atoms with Crippen molar-refractivity contribution < 1.29 is 4.74 Å². The third kappa shape index (κ3) is 4.83. The number of anilines is 1. The van der Waals surface area contributed by atoms with Crippen molar-refractivity contribution in [3.63, 3.8) is 0 Å². The summed E-state index contributed by atoms with van der Waals surface area (Å²) in [5.74, 6) is 0.843. The number of nitrogens with zero attached hydrogens (tertiary/aromatic N) is 2. The lowest BCUT2D eigenvalue weighted by Gasteiger charge is -2.25. The van der Waals surface area contributed by atoms with E-state index in [4.69, 9.17) is 27.9 Å². The van der Waals surface area contributed by atoms with Gasteiger partial charge >= 0.3 is 0 Å². The Morgan fingerprint density at radius 3 is 2.19 bits per heavy atom. The largest absolute Gasteiger partial charge is 0.489 e. The van der Waals surface area contributed by atoms with E-state index in [1.807, 2.05) is 54.7 Å². The molecule has 5 rings (SSSR count). The fourth-order valence-electron chi connectivity index (χ4n) is 3.58. The van der Waals surface area contributed by atoms with E-state index in [1.54, 1.807) is 11.3 Å². The summed E-state index contributed by atoms with van der Waals surface area (Å²) in [5.41, 5.74) is 4.69. The number of halogens is 2. The van der Waals surface area contributed by atoms with Gasteiger partial charge in [-0.1, -0.05) is 47.5 Å². The number of hydrogen-bond acceptors (Lipinski definition) is 4. The topological polar surface area (TPSA) is 24.8 Å². The second-order valence-electron chi connectivity index (χ2n) is 7.58. The van der Waals surface area contributed by atoms with Crippen LogP contribution < -0.4 is 9.64 Å². The number of hydrogen-bond donors (Lipinski definition) is 0. The minimum atomic E-state index is 0.514. The van der Waals surface area contributed by atoms with E-state index >= 15 is 0 Å². The zero-order valence-electron chi connectivity index (χ0n) is 17.2. The normalized spacial score (nSPS) is 12.6. The van der Waals surface area contributed by atoms with Gasteiger partial charge in [-0.05, 0) is 71.3 Å². The second-order valence-corrected chi connectivity index (χ2v) is 9.53. The minimum Gasteiger partial charge on any atom is -0.489 e. The van der Waals surface area contributed by atoms with Crippen molar-refractivity contribution in [3.05, 3.63) is 105 Å². The second kappa shape index (κ2) is 9.37. The van der Waals surface area contributed by atoms with Crippen LogP contribution in [-0.4, -0.2) is 12.9 Å². The molecule has 160 valence electrons. The molecule has 0 atom stereocenters. The molecule has 0 N–H and O–H groups in total. The average molecular weight is 479 g/mol. The van der Waals surface area contributed by atoms with Crippen molar-refractivity contribution >= 4 is 46.4 Å². The third-order valence-corrected chi connectivity index (χ3v) is 6.90. The predicted molar refractivity (Wildman–Crippen MR) is 136 cm³/mol. The Labute approximate surface area is 201 Å². The molecule has 1 aromatic heterocycles. The van der Waals surface area contributed by atoms with Gasteiger partial charge in [0, 0.05) is 27.7 Å². The number of rotatable bonds is 6. The highest BCUT2D eigenvalue weighted by Gasteiger charge is 2.18. The molecule has 0 fully saturated rings. The molecular formula is C26H20Cl2N2OS. The summed E-state index contributed by atoms with van der Waals surface area (Å²) in [6, 6.07) is 26.2. The molecule has 3 aromatic carbocycles. The van der Waals surface area contributed by atoms with Gasteiger partial charge in [-0.15, -0.1) is 11.3 Å². The van der Waals surface area contributed by atoms with Crippen LogP contribution in [0.15, 0.2) is 83.9 Å². The summed E-state index contributed by atoms with van der Waals surface area (Å²) >= 11 is 13.7. The molecule has 3 nitrogen and oxygen atoms in total. The highest BCUT2D eigenvalue weighted by atomic mass is 35.5. The average Bonchev–Trinajstić information content (AvgIpc) is 3.26. The summed E-state index contributed by atoms with van der Waals surface area (Å²) in [4.78, 5) is 9.24. The Morgan fingerprint density at radius 1 is 0.844 bits per heavy atom. The summed E-state index contributed by atoms with van der Waals surface area (Å²) in [5, 5.41) is 1.48.